The predicted octanol–water partition coefficient (Wildman–Crippen LogP) is 2.50. The SMILES string of the molecule is C=CC(=O)OC(C)(C)O[Si](CC)(OCC)OCC. The van der Waals surface area contributed by atoms with Crippen molar-refractivity contribution < 1.29 is 22.8 Å². The maximum atomic E-state index is 11.2. The van der Waals surface area contributed by atoms with Crippen LogP contribution in [-0.2, 0) is 22.8 Å². The zero-order chi connectivity index (χ0) is 14.2. The molecule has 0 radical (unpaired) electrons. The molecule has 0 amide bonds. The summed E-state index contributed by atoms with van der Waals surface area (Å²) >= 11 is 0. The first-order valence-electron chi connectivity index (χ1n) is 6.18. The van der Waals surface area contributed by atoms with Crippen molar-refractivity contribution in [1.82, 2.24) is 0 Å². The fourth-order valence-electron chi connectivity index (χ4n) is 1.50. The Morgan fingerprint density at radius 3 is 2.06 bits per heavy atom. The molecule has 0 aliphatic carbocycles. The van der Waals surface area contributed by atoms with Gasteiger partial charge in [-0.2, -0.15) is 0 Å². The van der Waals surface area contributed by atoms with Gasteiger partial charge in [0.15, 0.2) is 0 Å². The summed E-state index contributed by atoms with van der Waals surface area (Å²) in [6.45, 7) is 13.3. The quantitative estimate of drug-likeness (QED) is 0.280. The van der Waals surface area contributed by atoms with Gasteiger partial charge in [-0.1, -0.05) is 13.5 Å². The first-order chi connectivity index (χ1) is 8.34. The molecule has 0 N–H and O–H groups in total. The average Bonchev–Trinajstić information content (AvgIpc) is 2.28. The van der Waals surface area contributed by atoms with E-state index in [4.69, 9.17) is 18.0 Å². The summed E-state index contributed by atoms with van der Waals surface area (Å²) in [4.78, 5) is 11.2. The molecule has 0 aliphatic heterocycles. The Balaban J connectivity index is 4.82. The number of carbonyl (C=O) groups excluding carboxylic acids is 1. The molecule has 0 unspecified atom stereocenters. The van der Waals surface area contributed by atoms with E-state index in [2.05, 4.69) is 6.58 Å². The second-order valence-electron chi connectivity index (χ2n) is 4.03. The molecule has 106 valence electrons. The van der Waals surface area contributed by atoms with Crippen LogP contribution in [0.25, 0.3) is 0 Å². The number of hydrogen-bond donors (Lipinski definition) is 0. The number of carbonyl (C=O) groups is 1. The van der Waals surface area contributed by atoms with Crippen molar-refractivity contribution in [2.45, 2.75) is 46.4 Å². The van der Waals surface area contributed by atoms with Gasteiger partial charge >= 0.3 is 14.8 Å². The highest BCUT2D eigenvalue weighted by atomic mass is 28.4. The molecule has 0 aromatic rings. The number of ether oxygens (including phenoxy) is 1. The molecular weight excluding hydrogens is 252 g/mol. The lowest BCUT2D eigenvalue weighted by Crippen LogP contribution is -2.52. The number of rotatable bonds is 9. The van der Waals surface area contributed by atoms with E-state index in [1.54, 1.807) is 13.8 Å². The highest BCUT2D eigenvalue weighted by Crippen LogP contribution is 2.24. The first kappa shape index (κ1) is 17.3. The van der Waals surface area contributed by atoms with Gasteiger partial charge in [-0.3, -0.25) is 0 Å². The molecule has 0 aromatic carbocycles. The third-order valence-electron chi connectivity index (χ3n) is 2.08. The Hall–Kier alpha value is -0.693. The lowest BCUT2D eigenvalue weighted by atomic mass is 10.4. The van der Waals surface area contributed by atoms with Gasteiger partial charge in [-0.25, -0.2) is 4.79 Å². The van der Waals surface area contributed by atoms with Crippen LogP contribution >= 0.6 is 0 Å². The van der Waals surface area contributed by atoms with E-state index in [0.29, 0.717) is 19.3 Å². The van der Waals surface area contributed by atoms with Gasteiger partial charge in [0.25, 0.3) is 0 Å². The minimum absolute atomic E-state index is 0.492. The van der Waals surface area contributed by atoms with Crippen LogP contribution in [-0.4, -0.2) is 33.8 Å². The molecule has 0 saturated carbocycles. The largest absolute Gasteiger partial charge is 0.503 e. The fourth-order valence-corrected chi connectivity index (χ4v) is 3.92. The third-order valence-corrected chi connectivity index (χ3v) is 5.20. The molecule has 0 spiro atoms. The predicted molar refractivity (Wildman–Crippen MR) is 70.9 cm³/mol. The smallest absolute Gasteiger partial charge is 0.431 e. The molecule has 0 saturated heterocycles. The molecule has 18 heavy (non-hydrogen) atoms. The first-order valence-corrected chi connectivity index (χ1v) is 8.11. The molecule has 0 fully saturated rings. The molecule has 0 rings (SSSR count). The van der Waals surface area contributed by atoms with Crippen molar-refractivity contribution in [3.05, 3.63) is 12.7 Å². The van der Waals surface area contributed by atoms with Gasteiger partial charge < -0.3 is 18.0 Å². The topological polar surface area (TPSA) is 54.0 Å². The Morgan fingerprint density at radius 2 is 1.72 bits per heavy atom. The average molecular weight is 276 g/mol. The van der Waals surface area contributed by atoms with E-state index in [-0.39, 0.29) is 0 Å². The Kier molecular flexibility index (Phi) is 7.38. The minimum Gasteiger partial charge on any atom is -0.431 e. The summed E-state index contributed by atoms with van der Waals surface area (Å²) in [5, 5.41) is 0. The van der Waals surface area contributed by atoms with Crippen molar-refractivity contribution in [3.63, 3.8) is 0 Å². The number of hydrogen-bond acceptors (Lipinski definition) is 5. The second kappa shape index (κ2) is 7.68. The van der Waals surface area contributed by atoms with Gasteiger partial charge in [-0.15, -0.1) is 0 Å². The van der Waals surface area contributed by atoms with Crippen LogP contribution in [0.1, 0.15) is 34.6 Å². The summed E-state index contributed by atoms with van der Waals surface area (Å²) in [5.74, 6) is -1.63. The summed E-state index contributed by atoms with van der Waals surface area (Å²) in [6.07, 6.45) is 1.10. The molecule has 0 bridgehead atoms. The fraction of sp³-hybridized carbons (Fsp3) is 0.750. The van der Waals surface area contributed by atoms with E-state index in [1.165, 1.54) is 0 Å². The Labute approximate surface area is 110 Å². The second-order valence-corrected chi connectivity index (χ2v) is 6.88. The lowest BCUT2D eigenvalue weighted by molar-refractivity contribution is -0.194. The highest BCUT2D eigenvalue weighted by Gasteiger charge is 2.45. The van der Waals surface area contributed by atoms with Gasteiger partial charge in [0.2, 0.25) is 5.79 Å². The summed E-state index contributed by atoms with van der Waals surface area (Å²) in [7, 11) is -2.80. The van der Waals surface area contributed by atoms with E-state index in [0.717, 1.165) is 6.08 Å². The normalized spacial score (nSPS) is 12.3. The monoisotopic (exact) mass is 276 g/mol. The van der Waals surface area contributed by atoms with Gasteiger partial charge in [-0.05, 0) is 13.8 Å². The van der Waals surface area contributed by atoms with Crippen LogP contribution in [0.3, 0.4) is 0 Å². The Bertz CT molecular complexity index is 272. The molecule has 0 atom stereocenters. The Morgan fingerprint density at radius 1 is 1.22 bits per heavy atom. The van der Waals surface area contributed by atoms with E-state index < -0.39 is 20.6 Å². The van der Waals surface area contributed by atoms with Crippen molar-refractivity contribution in [2.75, 3.05) is 13.2 Å². The van der Waals surface area contributed by atoms with E-state index >= 15 is 0 Å². The zero-order valence-corrected chi connectivity index (χ0v) is 12.9. The highest BCUT2D eigenvalue weighted by molar-refractivity contribution is 6.60. The molecule has 0 aromatic heterocycles. The van der Waals surface area contributed by atoms with Crippen molar-refractivity contribution in [2.24, 2.45) is 0 Å². The summed E-state index contributed by atoms with van der Waals surface area (Å²) in [5.41, 5.74) is 0. The molecule has 5 nitrogen and oxygen atoms in total. The molecule has 6 heteroatoms. The number of esters is 1. The van der Waals surface area contributed by atoms with Crippen molar-refractivity contribution in [3.8, 4) is 0 Å². The molecule has 0 aliphatic rings. The van der Waals surface area contributed by atoms with Gasteiger partial charge in [0.05, 0.1) is 0 Å². The van der Waals surface area contributed by atoms with Crippen LogP contribution in [0.2, 0.25) is 6.04 Å². The lowest BCUT2D eigenvalue weighted by Gasteiger charge is -2.35. The van der Waals surface area contributed by atoms with Crippen molar-refractivity contribution in [1.29, 1.82) is 0 Å². The van der Waals surface area contributed by atoms with Crippen LogP contribution in [0.5, 0.6) is 0 Å². The maximum Gasteiger partial charge on any atom is 0.503 e. The van der Waals surface area contributed by atoms with Crippen LogP contribution < -0.4 is 0 Å². The summed E-state index contributed by atoms with van der Waals surface area (Å²) < 4.78 is 22.3. The van der Waals surface area contributed by atoms with Crippen LogP contribution in [0, 0.1) is 0 Å². The third kappa shape index (κ3) is 5.77. The zero-order valence-electron chi connectivity index (χ0n) is 11.9. The van der Waals surface area contributed by atoms with Crippen LogP contribution in [0.4, 0.5) is 0 Å². The van der Waals surface area contributed by atoms with Gasteiger partial charge in [0, 0.05) is 39.2 Å². The summed E-state index contributed by atoms with van der Waals surface area (Å²) in [6, 6.07) is 0.615. The van der Waals surface area contributed by atoms with Crippen molar-refractivity contribution >= 4 is 14.8 Å². The maximum absolute atomic E-state index is 11.2. The molecular formula is C12H24O5Si. The van der Waals surface area contributed by atoms with Crippen LogP contribution in [0.15, 0.2) is 12.7 Å². The minimum atomic E-state index is -2.80. The molecule has 0 heterocycles. The van der Waals surface area contributed by atoms with E-state index in [9.17, 15) is 4.79 Å². The standard InChI is InChI=1S/C12H24O5Si/c1-7-11(13)16-12(5,6)17-18(10-4,14-8-2)15-9-3/h7H,1,8-10H2,2-6H3. The van der Waals surface area contributed by atoms with Gasteiger partial charge in [0.1, 0.15) is 0 Å². The van der Waals surface area contributed by atoms with E-state index in [1.807, 2.05) is 20.8 Å².